The highest BCUT2D eigenvalue weighted by Crippen LogP contribution is 2.26. The van der Waals surface area contributed by atoms with E-state index >= 15 is 0 Å². The van der Waals surface area contributed by atoms with Gasteiger partial charge in [-0.25, -0.2) is 4.39 Å². The molecular formula is C16H17FN2O2. The van der Waals surface area contributed by atoms with Crippen LogP contribution in [-0.4, -0.2) is 19.6 Å². The van der Waals surface area contributed by atoms with Crippen LogP contribution in [0.4, 0.5) is 15.8 Å². The van der Waals surface area contributed by atoms with E-state index in [0.717, 1.165) is 0 Å². The molecule has 5 heteroatoms. The number of ether oxygens (including phenoxy) is 1. The second kappa shape index (κ2) is 6.26. The second-order valence-corrected chi connectivity index (χ2v) is 4.46. The molecule has 0 radical (unpaired) electrons. The maximum atomic E-state index is 14.0. The van der Waals surface area contributed by atoms with Gasteiger partial charge < -0.3 is 15.4 Å². The van der Waals surface area contributed by atoms with Crippen molar-refractivity contribution in [2.75, 3.05) is 24.3 Å². The number of carbonyl (C=O) groups excluding carboxylic acids is 1. The molecule has 0 unspecified atom stereocenters. The molecule has 2 N–H and O–H groups in total. The molecule has 0 bridgehead atoms. The summed E-state index contributed by atoms with van der Waals surface area (Å²) in [4.78, 5) is 14.1. The van der Waals surface area contributed by atoms with Gasteiger partial charge in [-0.05, 0) is 43.3 Å². The third-order valence-corrected chi connectivity index (χ3v) is 3.18. The van der Waals surface area contributed by atoms with E-state index in [0.29, 0.717) is 17.9 Å². The van der Waals surface area contributed by atoms with Crippen LogP contribution in [0.1, 0.15) is 17.3 Å². The number of anilines is 2. The molecule has 0 aliphatic rings. The zero-order chi connectivity index (χ0) is 15.4. The van der Waals surface area contributed by atoms with E-state index in [1.165, 1.54) is 24.1 Å². The second-order valence-electron chi connectivity index (χ2n) is 4.46. The lowest BCUT2D eigenvalue weighted by Crippen LogP contribution is -2.31. The highest BCUT2D eigenvalue weighted by Gasteiger charge is 2.23. The number of amides is 1. The van der Waals surface area contributed by atoms with E-state index < -0.39 is 11.7 Å². The summed E-state index contributed by atoms with van der Waals surface area (Å²) in [6.07, 6.45) is 0. The number of halogens is 1. The topological polar surface area (TPSA) is 55.6 Å². The Hall–Kier alpha value is -2.56. The summed E-state index contributed by atoms with van der Waals surface area (Å²) in [5, 5.41) is 0. The molecule has 0 heterocycles. The molecule has 1 amide bonds. The van der Waals surface area contributed by atoms with Crippen molar-refractivity contribution in [3.63, 3.8) is 0 Å². The van der Waals surface area contributed by atoms with Gasteiger partial charge in [0, 0.05) is 17.9 Å². The van der Waals surface area contributed by atoms with Gasteiger partial charge in [0.15, 0.2) is 0 Å². The summed E-state index contributed by atoms with van der Waals surface area (Å²) in [5.41, 5.74) is 6.83. The van der Waals surface area contributed by atoms with E-state index in [1.54, 1.807) is 30.3 Å². The van der Waals surface area contributed by atoms with Crippen molar-refractivity contribution in [1.29, 1.82) is 0 Å². The molecule has 4 nitrogen and oxygen atoms in total. The third kappa shape index (κ3) is 2.97. The summed E-state index contributed by atoms with van der Waals surface area (Å²) in [5.74, 6) is -0.834. The van der Waals surface area contributed by atoms with Gasteiger partial charge in [0.05, 0.1) is 7.11 Å². The van der Waals surface area contributed by atoms with Crippen molar-refractivity contribution in [1.82, 2.24) is 0 Å². The zero-order valence-corrected chi connectivity index (χ0v) is 12.0. The van der Waals surface area contributed by atoms with Gasteiger partial charge >= 0.3 is 0 Å². The van der Waals surface area contributed by atoms with Crippen molar-refractivity contribution in [2.24, 2.45) is 0 Å². The van der Waals surface area contributed by atoms with Crippen molar-refractivity contribution in [3.8, 4) is 5.75 Å². The summed E-state index contributed by atoms with van der Waals surface area (Å²) in [7, 11) is 1.41. The smallest absolute Gasteiger partial charge is 0.265 e. The maximum Gasteiger partial charge on any atom is 0.265 e. The Bertz CT molecular complexity index is 641. The Morgan fingerprint density at radius 3 is 2.48 bits per heavy atom. The monoisotopic (exact) mass is 288 g/mol. The highest BCUT2D eigenvalue weighted by molar-refractivity contribution is 6.08. The van der Waals surface area contributed by atoms with Gasteiger partial charge in [0.2, 0.25) is 0 Å². The van der Waals surface area contributed by atoms with E-state index in [-0.39, 0.29) is 11.3 Å². The molecule has 0 aliphatic heterocycles. The zero-order valence-electron chi connectivity index (χ0n) is 12.0. The Labute approximate surface area is 122 Å². The highest BCUT2D eigenvalue weighted by atomic mass is 19.1. The predicted molar refractivity (Wildman–Crippen MR) is 81.2 cm³/mol. The Kier molecular flexibility index (Phi) is 4.42. The number of methoxy groups -OCH3 is 1. The normalized spacial score (nSPS) is 10.2. The SMILES string of the molecule is CCN(C(=O)c1c(F)cccc1OC)c1ccc(N)cc1. The fraction of sp³-hybridized carbons (Fsp3) is 0.188. The molecule has 0 atom stereocenters. The Morgan fingerprint density at radius 2 is 1.90 bits per heavy atom. The van der Waals surface area contributed by atoms with Crippen molar-refractivity contribution >= 4 is 17.3 Å². The van der Waals surface area contributed by atoms with E-state index in [9.17, 15) is 9.18 Å². The number of hydrogen-bond acceptors (Lipinski definition) is 3. The predicted octanol–water partition coefficient (Wildman–Crippen LogP) is 3.08. The number of nitrogens with zero attached hydrogens (tertiary/aromatic N) is 1. The summed E-state index contributed by atoms with van der Waals surface area (Å²) in [6.45, 7) is 2.22. The quantitative estimate of drug-likeness (QED) is 0.880. The van der Waals surface area contributed by atoms with Gasteiger partial charge in [-0.2, -0.15) is 0 Å². The van der Waals surface area contributed by atoms with Crippen LogP contribution in [0.5, 0.6) is 5.75 Å². The summed E-state index contributed by atoms with van der Waals surface area (Å²) in [6, 6.07) is 11.2. The fourth-order valence-electron chi connectivity index (χ4n) is 2.11. The van der Waals surface area contributed by atoms with Gasteiger partial charge in [0.1, 0.15) is 17.1 Å². The minimum atomic E-state index is -0.603. The summed E-state index contributed by atoms with van der Waals surface area (Å²) >= 11 is 0. The van der Waals surface area contributed by atoms with Crippen LogP contribution in [0.3, 0.4) is 0 Å². The minimum Gasteiger partial charge on any atom is -0.496 e. The van der Waals surface area contributed by atoms with Crippen LogP contribution < -0.4 is 15.4 Å². The van der Waals surface area contributed by atoms with E-state index in [4.69, 9.17) is 10.5 Å². The van der Waals surface area contributed by atoms with Crippen LogP contribution in [-0.2, 0) is 0 Å². The minimum absolute atomic E-state index is 0.0707. The molecule has 2 rings (SSSR count). The molecule has 0 fully saturated rings. The van der Waals surface area contributed by atoms with Gasteiger partial charge in [-0.1, -0.05) is 6.07 Å². The lowest BCUT2D eigenvalue weighted by molar-refractivity contribution is 0.0981. The first-order valence-corrected chi connectivity index (χ1v) is 6.58. The number of nitrogen functional groups attached to an aromatic ring is 1. The Morgan fingerprint density at radius 1 is 1.24 bits per heavy atom. The molecule has 110 valence electrons. The van der Waals surface area contributed by atoms with Gasteiger partial charge in [-0.15, -0.1) is 0 Å². The third-order valence-electron chi connectivity index (χ3n) is 3.18. The van der Waals surface area contributed by atoms with Crippen molar-refractivity contribution in [2.45, 2.75) is 6.92 Å². The Balaban J connectivity index is 2.44. The molecule has 2 aromatic carbocycles. The van der Waals surface area contributed by atoms with E-state index in [1.807, 2.05) is 6.92 Å². The van der Waals surface area contributed by atoms with Crippen LogP contribution in [0.2, 0.25) is 0 Å². The molecule has 21 heavy (non-hydrogen) atoms. The molecule has 0 saturated heterocycles. The number of carbonyl (C=O) groups is 1. The largest absolute Gasteiger partial charge is 0.496 e. The molecule has 0 aromatic heterocycles. The van der Waals surface area contributed by atoms with Gasteiger partial charge in [0.25, 0.3) is 5.91 Å². The molecular weight excluding hydrogens is 271 g/mol. The first-order valence-electron chi connectivity index (χ1n) is 6.58. The van der Waals surface area contributed by atoms with Crippen molar-refractivity contribution in [3.05, 3.63) is 53.8 Å². The van der Waals surface area contributed by atoms with Crippen LogP contribution in [0, 0.1) is 5.82 Å². The maximum absolute atomic E-state index is 14.0. The lowest BCUT2D eigenvalue weighted by Gasteiger charge is -2.22. The van der Waals surface area contributed by atoms with Crippen LogP contribution in [0.25, 0.3) is 0 Å². The van der Waals surface area contributed by atoms with E-state index in [2.05, 4.69) is 0 Å². The number of hydrogen-bond donors (Lipinski definition) is 1. The number of benzene rings is 2. The average Bonchev–Trinajstić information content (AvgIpc) is 2.49. The van der Waals surface area contributed by atoms with Crippen LogP contribution in [0.15, 0.2) is 42.5 Å². The molecule has 0 saturated carbocycles. The number of nitrogens with two attached hydrogens (primary N) is 1. The fourth-order valence-corrected chi connectivity index (χ4v) is 2.11. The average molecular weight is 288 g/mol. The summed E-state index contributed by atoms with van der Waals surface area (Å²) < 4.78 is 19.1. The van der Waals surface area contributed by atoms with Crippen LogP contribution >= 0.6 is 0 Å². The van der Waals surface area contributed by atoms with Gasteiger partial charge in [-0.3, -0.25) is 4.79 Å². The van der Waals surface area contributed by atoms with Crippen molar-refractivity contribution < 1.29 is 13.9 Å². The lowest BCUT2D eigenvalue weighted by atomic mass is 10.1. The molecule has 0 aliphatic carbocycles. The first-order chi connectivity index (χ1) is 10.1. The first kappa shape index (κ1) is 14.8. The number of rotatable bonds is 4. The molecule has 2 aromatic rings. The standard InChI is InChI=1S/C16H17FN2O2/c1-3-19(12-9-7-11(18)8-10-12)16(20)15-13(17)5-4-6-14(15)21-2/h4-10H,3,18H2,1-2H3. The molecule has 0 spiro atoms.